The molecular weight excluding hydrogens is 369 g/mol. The molecule has 1 aliphatic rings. The molecule has 2 amide bonds. The first-order chi connectivity index (χ1) is 13.0. The molecule has 2 aromatic rings. The van der Waals surface area contributed by atoms with Crippen LogP contribution in [0.3, 0.4) is 0 Å². The highest BCUT2D eigenvalue weighted by Crippen LogP contribution is 2.31. The van der Waals surface area contributed by atoms with Gasteiger partial charge in [0.25, 0.3) is 0 Å². The summed E-state index contributed by atoms with van der Waals surface area (Å²) in [4.78, 5) is 16.0. The zero-order valence-corrected chi connectivity index (χ0v) is 15.6. The Morgan fingerprint density at radius 2 is 1.89 bits per heavy atom. The number of nitrogens with zero attached hydrogens (tertiary/aromatic N) is 1. The summed E-state index contributed by atoms with van der Waals surface area (Å²) in [5, 5.41) is 4.35. The smallest absolute Gasteiger partial charge is 0.319 e. The molecule has 2 N–H and O–H groups in total. The lowest BCUT2D eigenvalue weighted by Crippen LogP contribution is -2.34. The van der Waals surface area contributed by atoms with Crippen LogP contribution in [0.2, 0.25) is 0 Å². The quantitative estimate of drug-likeness (QED) is 0.817. The minimum Gasteiger partial charge on any atom is -0.334 e. The first-order valence-corrected chi connectivity index (χ1v) is 10.4. The molecule has 6 nitrogen and oxygen atoms in total. The van der Waals surface area contributed by atoms with Gasteiger partial charge in [0.05, 0.1) is 10.1 Å². The van der Waals surface area contributed by atoms with Crippen molar-refractivity contribution in [2.24, 2.45) is 0 Å². The highest BCUT2D eigenvalue weighted by Gasteiger charge is 2.36. The van der Waals surface area contributed by atoms with E-state index in [0.717, 1.165) is 18.4 Å². The predicted octanol–water partition coefficient (Wildman–Crippen LogP) is 3.46. The number of hydrogen-bond donors (Lipinski definition) is 2. The van der Waals surface area contributed by atoms with Crippen LogP contribution < -0.4 is 10.6 Å². The second kappa shape index (κ2) is 8.47. The minimum absolute atomic E-state index is 0.0818. The standard InChI is InChI=1S/C19H22FN3O3S/c20-17-5-1-2-6-18(17)27(25,26)16-9-7-15(8-10-16)23-19(24)22-13-14-4-3-11-21-12-14/h3-4,7-12,17-18H,1-2,5-6,13H2,(H2,22,23,24). The number of nitrogens with one attached hydrogen (secondary N) is 2. The van der Waals surface area contributed by atoms with Gasteiger partial charge >= 0.3 is 6.03 Å². The summed E-state index contributed by atoms with van der Waals surface area (Å²) in [5.41, 5.74) is 1.32. The average Bonchev–Trinajstić information content (AvgIpc) is 2.68. The molecule has 1 fully saturated rings. The van der Waals surface area contributed by atoms with Gasteiger partial charge in [-0.15, -0.1) is 0 Å². The molecule has 0 aliphatic heterocycles. The summed E-state index contributed by atoms with van der Waals surface area (Å²) >= 11 is 0. The zero-order valence-electron chi connectivity index (χ0n) is 14.8. The molecule has 8 heteroatoms. The molecule has 1 aliphatic carbocycles. The van der Waals surface area contributed by atoms with E-state index in [-0.39, 0.29) is 4.90 Å². The van der Waals surface area contributed by atoms with Gasteiger partial charge in [0.2, 0.25) is 0 Å². The lowest BCUT2D eigenvalue weighted by Gasteiger charge is -2.25. The fraction of sp³-hybridized carbons (Fsp3) is 0.368. The normalized spacial score (nSPS) is 20.0. The van der Waals surface area contributed by atoms with Crippen molar-refractivity contribution in [2.45, 2.75) is 48.5 Å². The number of carbonyl (C=O) groups excluding carboxylic acids is 1. The van der Waals surface area contributed by atoms with E-state index in [0.29, 0.717) is 25.1 Å². The summed E-state index contributed by atoms with van der Waals surface area (Å²) in [6, 6.07) is 9.05. The number of urea groups is 1. The molecule has 0 bridgehead atoms. The molecule has 0 saturated heterocycles. The molecule has 144 valence electrons. The van der Waals surface area contributed by atoms with E-state index in [1.54, 1.807) is 18.5 Å². The number of pyridine rings is 1. The third-order valence-electron chi connectivity index (χ3n) is 4.64. The number of benzene rings is 1. The molecule has 1 heterocycles. The maximum atomic E-state index is 14.1. The summed E-state index contributed by atoms with van der Waals surface area (Å²) in [6.45, 7) is 0.325. The van der Waals surface area contributed by atoms with Crippen LogP contribution in [-0.4, -0.2) is 30.9 Å². The van der Waals surface area contributed by atoms with E-state index < -0.39 is 27.3 Å². The van der Waals surface area contributed by atoms with E-state index in [1.807, 2.05) is 6.07 Å². The van der Waals surface area contributed by atoms with Gasteiger partial charge in [-0.05, 0) is 48.7 Å². The lowest BCUT2D eigenvalue weighted by atomic mass is 9.98. The van der Waals surface area contributed by atoms with Crippen LogP contribution in [-0.2, 0) is 16.4 Å². The number of sulfone groups is 1. The summed E-state index contributed by atoms with van der Waals surface area (Å²) in [7, 11) is -3.71. The maximum Gasteiger partial charge on any atom is 0.319 e. The highest BCUT2D eigenvalue weighted by molar-refractivity contribution is 7.92. The van der Waals surface area contributed by atoms with Crippen LogP contribution in [0.25, 0.3) is 0 Å². The van der Waals surface area contributed by atoms with Gasteiger partial charge in [-0.3, -0.25) is 4.98 Å². The van der Waals surface area contributed by atoms with Crippen molar-refractivity contribution in [1.82, 2.24) is 10.3 Å². The van der Waals surface area contributed by atoms with Crippen molar-refractivity contribution >= 4 is 21.6 Å². The number of rotatable bonds is 5. The average molecular weight is 391 g/mol. The van der Waals surface area contributed by atoms with Crippen molar-refractivity contribution in [3.05, 3.63) is 54.4 Å². The van der Waals surface area contributed by atoms with Gasteiger partial charge in [0, 0.05) is 24.6 Å². The Balaban J connectivity index is 1.60. The van der Waals surface area contributed by atoms with E-state index in [9.17, 15) is 17.6 Å². The Kier molecular flexibility index (Phi) is 6.05. The van der Waals surface area contributed by atoms with Gasteiger partial charge in [-0.1, -0.05) is 18.9 Å². The third kappa shape index (κ3) is 4.82. The SMILES string of the molecule is O=C(NCc1cccnc1)Nc1ccc(S(=O)(=O)C2CCCCC2F)cc1. The first kappa shape index (κ1) is 19.3. The van der Waals surface area contributed by atoms with Gasteiger partial charge < -0.3 is 10.6 Å². The highest BCUT2D eigenvalue weighted by atomic mass is 32.2. The van der Waals surface area contributed by atoms with Gasteiger partial charge in [-0.25, -0.2) is 17.6 Å². The van der Waals surface area contributed by atoms with Crippen molar-refractivity contribution in [3.8, 4) is 0 Å². The van der Waals surface area contributed by atoms with E-state index in [1.165, 1.54) is 24.3 Å². The number of carbonyl (C=O) groups is 1. The molecule has 3 rings (SSSR count). The summed E-state index contributed by atoms with van der Waals surface area (Å²) in [5.74, 6) is 0. The van der Waals surface area contributed by atoms with Gasteiger partial charge in [-0.2, -0.15) is 0 Å². The number of anilines is 1. The number of aromatic nitrogens is 1. The van der Waals surface area contributed by atoms with Crippen molar-refractivity contribution < 1.29 is 17.6 Å². The summed E-state index contributed by atoms with van der Waals surface area (Å²) in [6.07, 6.45) is 4.08. The van der Waals surface area contributed by atoms with Crippen molar-refractivity contribution in [2.75, 3.05) is 5.32 Å². The van der Waals surface area contributed by atoms with E-state index in [4.69, 9.17) is 0 Å². The molecule has 2 unspecified atom stereocenters. The Hall–Kier alpha value is -2.48. The summed E-state index contributed by atoms with van der Waals surface area (Å²) < 4.78 is 39.3. The maximum absolute atomic E-state index is 14.1. The predicted molar refractivity (Wildman–Crippen MR) is 101 cm³/mol. The first-order valence-electron chi connectivity index (χ1n) is 8.88. The lowest BCUT2D eigenvalue weighted by molar-refractivity contribution is 0.251. The number of halogens is 1. The molecule has 2 atom stereocenters. The van der Waals surface area contributed by atoms with Crippen LogP contribution in [0.1, 0.15) is 31.2 Å². The molecule has 1 aromatic carbocycles. The van der Waals surface area contributed by atoms with Crippen molar-refractivity contribution in [3.63, 3.8) is 0 Å². The van der Waals surface area contributed by atoms with Crippen LogP contribution >= 0.6 is 0 Å². The monoisotopic (exact) mass is 391 g/mol. The van der Waals surface area contributed by atoms with Crippen LogP contribution in [0.15, 0.2) is 53.7 Å². The second-order valence-electron chi connectivity index (χ2n) is 6.58. The number of amides is 2. The molecule has 0 radical (unpaired) electrons. The van der Waals surface area contributed by atoms with Gasteiger partial charge in [0.15, 0.2) is 9.84 Å². The molecule has 27 heavy (non-hydrogen) atoms. The fourth-order valence-electron chi connectivity index (χ4n) is 3.16. The van der Waals surface area contributed by atoms with Crippen LogP contribution in [0.4, 0.5) is 14.9 Å². The zero-order chi connectivity index (χ0) is 19.3. The van der Waals surface area contributed by atoms with Crippen LogP contribution in [0, 0.1) is 0 Å². The Morgan fingerprint density at radius 1 is 1.15 bits per heavy atom. The number of alkyl halides is 1. The second-order valence-corrected chi connectivity index (χ2v) is 8.74. The fourth-order valence-corrected chi connectivity index (χ4v) is 5.03. The van der Waals surface area contributed by atoms with Crippen LogP contribution in [0.5, 0.6) is 0 Å². The molecular formula is C19H22FN3O3S. The largest absolute Gasteiger partial charge is 0.334 e. The minimum atomic E-state index is -3.71. The Bertz CT molecular complexity index is 873. The molecule has 0 spiro atoms. The van der Waals surface area contributed by atoms with Gasteiger partial charge in [0.1, 0.15) is 6.17 Å². The van der Waals surface area contributed by atoms with Crippen molar-refractivity contribution in [1.29, 1.82) is 0 Å². The third-order valence-corrected chi connectivity index (χ3v) is 6.89. The number of hydrogen-bond acceptors (Lipinski definition) is 4. The molecule has 1 saturated carbocycles. The molecule has 1 aromatic heterocycles. The Labute approximate surface area is 158 Å². The topological polar surface area (TPSA) is 88.2 Å². The van der Waals surface area contributed by atoms with E-state index >= 15 is 0 Å². The Morgan fingerprint density at radius 3 is 2.56 bits per heavy atom. The van der Waals surface area contributed by atoms with E-state index in [2.05, 4.69) is 15.6 Å².